The normalized spacial score (nSPS) is 14.8. The zero-order chi connectivity index (χ0) is 11.7. The Hall–Kier alpha value is -1.97. The van der Waals surface area contributed by atoms with E-state index in [1.807, 2.05) is 24.3 Å². The maximum Gasteiger partial charge on any atom is 0.169 e. The Labute approximate surface area is 99.4 Å². The van der Waals surface area contributed by atoms with Gasteiger partial charge in [0.25, 0.3) is 0 Å². The number of anilines is 1. The van der Waals surface area contributed by atoms with E-state index in [1.54, 1.807) is 6.07 Å². The average molecular weight is 230 g/mol. The molecule has 0 bridgehead atoms. The zero-order valence-corrected chi connectivity index (χ0v) is 9.43. The summed E-state index contributed by atoms with van der Waals surface area (Å²) < 4.78 is 10.7. The summed E-state index contributed by atoms with van der Waals surface area (Å²) in [6.07, 6.45) is 2.60. The summed E-state index contributed by atoms with van der Waals surface area (Å²) in [5, 5.41) is 3.65. The first-order chi connectivity index (χ1) is 8.31. The monoisotopic (exact) mass is 230 g/mol. The maximum absolute atomic E-state index is 5.66. The molecule has 0 spiro atoms. The second-order valence-corrected chi connectivity index (χ2v) is 4.39. The number of ether oxygens (including phenoxy) is 1. The van der Waals surface area contributed by atoms with Gasteiger partial charge in [-0.1, -0.05) is 5.16 Å². The molecule has 4 heteroatoms. The highest BCUT2D eigenvalue weighted by Crippen LogP contribution is 2.30. The minimum Gasteiger partial charge on any atom is -0.493 e. The maximum atomic E-state index is 5.66. The highest BCUT2D eigenvalue weighted by atomic mass is 16.5. The van der Waals surface area contributed by atoms with E-state index in [1.165, 1.54) is 12.8 Å². The fourth-order valence-corrected chi connectivity index (χ4v) is 1.64. The van der Waals surface area contributed by atoms with Crippen LogP contribution in [0.3, 0.4) is 0 Å². The molecule has 1 fully saturated rings. The van der Waals surface area contributed by atoms with Gasteiger partial charge in [-0.05, 0) is 43.0 Å². The molecule has 2 N–H and O–H groups in total. The van der Waals surface area contributed by atoms with Gasteiger partial charge in [-0.2, -0.15) is 0 Å². The number of aromatic nitrogens is 1. The highest BCUT2D eigenvalue weighted by molar-refractivity contribution is 5.60. The molecule has 88 valence electrons. The number of hydrogen-bond acceptors (Lipinski definition) is 4. The Kier molecular flexibility index (Phi) is 2.48. The van der Waals surface area contributed by atoms with Crippen molar-refractivity contribution < 1.29 is 9.26 Å². The van der Waals surface area contributed by atoms with Crippen LogP contribution in [0.4, 0.5) is 5.82 Å². The summed E-state index contributed by atoms with van der Waals surface area (Å²) in [5.41, 5.74) is 6.46. The van der Waals surface area contributed by atoms with E-state index in [0.29, 0.717) is 11.6 Å². The first kappa shape index (κ1) is 10.2. The standard InChI is InChI=1S/C13H14N2O2/c14-13-7-12(17-15-13)10-3-5-11(6-4-10)16-8-9-1-2-9/h3-7,9H,1-2,8H2,(H2,14,15). The molecule has 1 aliphatic carbocycles. The average Bonchev–Trinajstić information content (AvgIpc) is 3.09. The molecule has 0 radical (unpaired) electrons. The van der Waals surface area contributed by atoms with Crippen molar-refractivity contribution in [2.45, 2.75) is 12.8 Å². The van der Waals surface area contributed by atoms with Gasteiger partial charge in [0.2, 0.25) is 0 Å². The quantitative estimate of drug-likeness (QED) is 0.877. The van der Waals surface area contributed by atoms with Gasteiger partial charge in [0.15, 0.2) is 11.6 Å². The summed E-state index contributed by atoms with van der Waals surface area (Å²) >= 11 is 0. The molecule has 3 rings (SSSR count). The third-order valence-corrected chi connectivity index (χ3v) is 2.85. The molecule has 1 aliphatic rings. The fourth-order valence-electron chi connectivity index (χ4n) is 1.64. The molecule has 1 aromatic heterocycles. The molecule has 0 unspecified atom stereocenters. The number of nitrogen functional groups attached to an aromatic ring is 1. The summed E-state index contributed by atoms with van der Waals surface area (Å²) in [7, 11) is 0. The van der Waals surface area contributed by atoms with E-state index in [9.17, 15) is 0 Å². The summed E-state index contributed by atoms with van der Waals surface area (Å²) in [6, 6.07) is 9.48. The molecule has 4 nitrogen and oxygen atoms in total. The lowest BCUT2D eigenvalue weighted by molar-refractivity contribution is 0.300. The molecule has 0 aliphatic heterocycles. The topological polar surface area (TPSA) is 61.3 Å². The molecule has 2 aromatic rings. The smallest absolute Gasteiger partial charge is 0.169 e. The van der Waals surface area contributed by atoms with E-state index < -0.39 is 0 Å². The number of hydrogen-bond donors (Lipinski definition) is 1. The highest BCUT2D eigenvalue weighted by Gasteiger charge is 2.21. The number of nitrogens with zero attached hydrogens (tertiary/aromatic N) is 1. The Bertz CT molecular complexity index is 500. The van der Waals surface area contributed by atoms with Gasteiger partial charge in [0.05, 0.1) is 6.61 Å². The van der Waals surface area contributed by atoms with Crippen LogP contribution in [0.25, 0.3) is 11.3 Å². The van der Waals surface area contributed by atoms with E-state index >= 15 is 0 Å². The Morgan fingerprint density at radius 1 is 1.29 bits per heavy atom. The number of rotatable bonds is 4. The summed E-state index contributed by atoms with van der Waals surface area (Å²) in [4.78, 5) is 0. The molecular weight excluding hydrogens is 216 g/mol. The van der Waals surface area contributed by atoms with Crippen LogP contribution in [0.2, 0.25) is 0 Å². The summed E-state index contributed by atoms with van der Waals surface area (Å²) in [6.45, 7) is 0.828. The minimum atomic E-state index is 0.397. The van der Waals surface area contributed by atoms with Crippen molar-refractivity contribution in [1.82, 2.24) is 5.16 Å². The van der Waals surface area contributed by atoms with Crippen LogP contribution < -0.4 is 10.5 Å². The first-order valence-corrected chi connectivity index (χ1v) is 5.77. The molecule has 1 aromatic carbocycles. The van der Waals surface area contributed by atoms with Crippen molar-refractivity contribution >= 4 is 5.82 Å². The number of nitrogens with two attached hydrogens (primary N) is 1. The fraction of sp³-hybridized carbons (Fsp3) is 0.308. The van der Waals surface area contributed by atoms with Crippen LogP contribution in [0.5, 0.6) is 5.75 Å². The Morgan fingerprint density at radius 2 is 2.06 bits per heavy atom. The predicted octanol–water partition coefficient (Wildman–Crippen LogP) is 2.71. The van der Waals surface area contributed by atoms with E-state index in [-0.39, 0.29) is 0 Å². The lowest BCUT2D eigenvalue weighted by Gasteiger charge is -2.04. The zero-order valence-electron chi connectivity index (χ0n) is 9.43. The van der Waals surface area contributed by atoms with Crippen LogP contribution in [0.1, 0.15) is 12.8 Å². The molecule has 1 heterocycles. The van der Waals surface area contributed by atoms with Crippen molar-refractivity contribution in [3.8, 4) is 17.1 Å². The summed E-state index contributed by atoms with van der Waals surface area (Å²) in [5.74, 6) is 2.74. The molecule has 0 amide bonds. The molecule has 0 saturated heterocycles. The Balaban J connectivity index is 1.70. The van der Waals surface area contributed by atoms with Gasteiger partial charge in [-0.15, -0.1) is 0 Å². The van der Waals surface area contributed by atoms with Crippen LogP contribution in [-0.2, 0) is 0 Å². The van der Waals surface area contributed by atoms with Gasteiger partial charge in [-0.25, -0.2) is 0 Å². The molecule has 17 heavy (non-hydrogen) atoms. The van der Waals surface area contributed by atoms with E-state index in [4.69, 9.17) is 15.0 Å². The van der Waals surface area contributed by atoms with Crippen LogP contribution in [-0.4, -0.2) is 11.8 Å². The third kappa shape index (κ3) is 2.41. The van der Waals surface area contributed by atoms with Crippen molar-refractivity contribution in [2.24, 2.45) is 5.92 Å². The minimum absolute atomic E-state index is 0.397. The SMILES string of the molecule is Nc1cc(-c2ccc(OCC3CC3)cc2)on1. The van der Waals surface area contributed by atoms with Gasteiger partial charge in [-0.3, -0.25) is 0 Å². The lowest BCUT2D eigenvalue weighted by Crippen LogP contribution is -1.98. The van der Waals surface area contributed by atoms with E-state index in [0.717, 1.165) is 23.8 Å². The second-order valence-electron chi connectivity index (χ2n) is 4.39. The predicted molar refractivity (Wildman–Crippen MR) is 64.6 cm³/mol. The van der Waals surface area contributed by atoms with Gasteiger partial charge in [0.1, 0.15) is 5.75 Å². The Morgan fingerprint density at radius 3 is 2.65 bits per heavy atom. The van der Waals surface area contributed by atoms with Gasteiger partial charge in [0, 0.05) is 11.6 Å². The molecular formula is C13H14N2O2. The van der Waals surface area contributed by atoms with Crippen molar-refractivity contribution in [3.05, 3.63) is 30.3 Å². The largest absolute Gasteiger partial charge is 0.493 e. The van der Waals surface area contributed by atoms with Crippen molar-refractivity contribution in [3.63, 3.8) is 0 Å². The second kappa shape index (κ2) is 4.13. The number of benzene rings is 1. The van der Waals surface area contributed by atoms with Crippen LogP contribution >= 0.6 is 0 Å². The van der Waals surface area contributed by atoms with Crippen molar-refractivity contribution in [1.29, 1.82) is 0 Å². The van der Waals surface area contributed by atoms with Gasteiger partial charge < -0.3 is 15.0 Å². The molecule has 0 atom stereocenters. The van der Waals surface area contributed by atoms with E-state index in [2.05, 4.69) is 5.16 Å². The van der Waals surface area contributed by atoms with Crippen molar-refractivity contribution in [2.75, 3.05) is 12.3 Å². The lowest BCUT2D eigenvalue weighted by atomic mass is 10.2. The first-order valence-electron chi connectivity index (χ1n) is 5.77. The van der Waals surface area contributed by atoms with Crippen LogP contribution in [0.15, 0.2) is 34.9 Å². The third-order valence-electron chi connectivity index (χ3n) is 2.85. The molecule has 1 saturated carbocycles. The van der Waals surface area contributed by atoms with Gasteiger partial charge >= 0.3 is 0 Å². The van der Waals surface area contributed by atoms with Crippen LogP contribution in [0, 0.1) is 5.92 Å².